The molecule has 0 atom stereocenters. The lowest BCUT2D eigenvalue weighted by Gasteiger charge is -2.23. The van der Waals surface area contributed by atoms with E-state index in [1.165, 1.54) is 5.38 Å². The van der Waals surface area contributed by atoms with E-state index in [2.05, 4.69) is 25.0 Å². The van der Waals surface area contributed by atoms with Crippen LogP contribution in [0.15, 0.2) is 64.8 Å². The van der Waals surface area contributed by atoms with Gasteiger partial charge in [-0.25, -0.2) is 27.9 Å². The molecule has 0 aliphatic heterocycles. The molecule has 0 radical (unpaired) electrons. The number of para-hydroxylation sites is 1. The number of carbonyl (C=O) groups is 1. The van der Waals surface area contributed by atoms with E-state index in [0.29, 0.717) is 34.5 Å². The highest BCUT2D eigenvalue weighted by Crippen LogP contribution is 2.37. The Hall–Kier alpha value is -4.71. The third-order valence-electron chi connectivity index (χ3n) is 5.70. The second-order valence-electron chi connectivity index (χ2n) is 8.09. The predicted molar refractivity (Wildman–Crippen MR) is 139 cm³/mol. The summed E-state index contributed by atoms with van der Waals surface area (Å²) in [7, 11) is 2.96. The van der Waals surface area contributed by atoms with E-state index in [4.69, 9.17) is 0 Å². The molecule has 0 aliphatic carbocycles. The molecule has 2 N–H and O–H groups in total. The van der Waals surface area contributed by atoms with Gasteiger partial charge in [0.15, 0.2) is 5.13 Å². The molecular weight excluding hydrogens is 519 g/mol. The Morgan fingerprint density at radius 1 is 1.05 bits per heavy atom. The Kier molecular flexibility index (Phi) is 6.55. The first-order chi connectivity index (χ1) is 18.2. The smallest absolute Gasteiger partial charge is 0.362 e. The van der Waals surface area contributed by atoms with Crippen molar-refractivity contribution in [1.82, 2.24) is 15.0 Å². The zero-order valence-electron chi connectivity index (χ0n) is 19.9. The highest BCUT2D eigenvalue weighted by atomic mass is 32.1. The summed E-state index contributed by atoms with van der Waals surface area (Å²) in [5.74, 6) is -4.04. The lowest BCUT2D eigenvalue weighted by atomic mass is 10.1. The van der Waals surface area contributed by atoms with E-state index in [1.807, 2.05) is 42.3 Å². The molecule has 0 unspecified atom stereocenters. The standard InChI is InChI=1S/C26H18F3N5O3S/c1-34(14-6-4-3-5-7-14)21-11-18-17(31-24(35)23(30-18)25(36)37-2)10-19(21)32-26-33-20(12-38-26)22-15(28)8-13(27)9-16(22)29/h3-12H,1-2H3,(H,31,35)(H,32,33). The number of carbonyl (C=O) groups excluding carboxylic acids is 1. The van der Waals surface area contributed by atoms with Gasteiger partial charge in [0.1, 0.15) is 17.5 Å². The molecule has 5 rings (SSSR count). The minimum absolute atomic E-state index is 0.0101. The summed E-state index contributed by atoms with van der Waals surface area (Å²) in [5, 5.41) is 4.85. The molecule has 3 aromatic carbocycles. The second-order valence-corrected chi connectivity index (χ2v) is 8.95. The van der Waals surface area contributed by atoms with Crippen LogP contribution in [0.1, 0.15) is 10.5 Å². The molecule has 8 nitrogen and oxygen atoms in total. The van der Waals surface area contributed by atoms with Crippen LogP contribution in [0, 0.1) is 17.5 Å². The number of H-pyrrole nitrogens is 1. The zero-order chi connectivity index (χ0) is 27.0. The maximum Gasteiger partial charge on any atom is 0.362 e. The summed E-state index contributed by atoms with van der Waals surface area (Å²) in [4.78, 5) is 37.4. The van der Waals surface area contributed by atoms with Gasteiger partial charge in [-0.2, -0.15) is 0 Å². The average molecular weight is 538 g/mol. The molecule has 0 fully saturated rings. The van der Waals surface area contributed by atoms with Gasteiger partial charge in [0, 0.05) is 30.2 Å². The Bertz CT molecular complexity index is 1720. The minimum Gasteiger partial charge on any atom is -0.464 e. The quantitative estimate of drug-likeness (QED) is 0.266. The number of fused-ring (bicyclic) bond motifs is 1. The third-order valence-corrected chi connectivity index (χ3v) is 6.46. The van der Waals surface area contributed by atoms with Gasteiger partial charge in [-0.15, -0.1) is 11.3 Å². The van der Waals surface area contributed by atoms with Crippen molar-refractivity contribution < 1.29 is 22.7 Å². The number of nitrogens with zero attached hydrogens (tertiary/aromatic N) is 3. The third kappa shape index (κ3) is 4.68. The minimum atomic E-state index is -1.07. The zero-order valence-corrected chi connectivity index (χ0v) is 20.7. The summed E-state index contributed by atoms with van der Waals surface area (Å²) in [6.07, 6.45) is 0. The molecule has 0 aliphatic rings. The monoisotopic (exact) mass is 537 g/mol. The van der Waals surface area contributed by atoms with Crippen LogP contribution in [0.4, 0.5) is 35.4 Å². The molecule has 0 spiro atoms. The molecule has 0 bridgehead atoms. The van der Waals surface area contributed by atoms with E-state index in [-0.39, 0.29) is 16.5 Å². The molecule has 192 valence electrons. The number of aromatic nitrogens is 3. The number of benzene rings is 3. The normalized spacial score (nSPS) is 11.0. The van der Waals surface area contributed by atoms with E-state index in [0.717, 1.165) is 24.1 Å². The van der Waals surface area contributed by atoms with Crippen LogP contribution in [-0.4, -0.2) is 35.1 Å². The number of ether oxygens (including phenoxy) is 1. The van der Waals surface area contributed by atoms with Crippen LogP contribution in [-0.2, 0) is 4.74 Å². The summed E-state index contributed by atoms with van der Waals surface area (Å²) < 4.78 is 46.6. The van der Waals surface area contributed by atoms with Crippen molar-refractivity contribution in [1.29, 1.82) is 0 Å². The van der Waals surface area contributed by atoms with Crippen LogP contribution in [0.3, 0.4) is 0 Å². The number of rotatable bonds is 6. The first-order valence-corrected chi connectivity index (χ1v) is 12.0. The van der Waals surface area contributed by atoms with Crippen LogP contribution >= 0.6 is 11.3 Å². The number of anilines is 4. The number of aromatic amines is 1. The van der Waals surface area contributed by atoms with Gasteiger partial charge in [-0.1, -0.05) is 18.2 Å². The molecule has 0 amide bonds. The van der Waals surface area contributed by atoms with E-state index >= 15 is 0 Å². The molecule has 12 heteroatoms. The molecule has 2 heterocycles. The maximum atomic E-state index is 14.3. The molecular formula is C26H18F3N5O3S. The van der Waals surface area contributed by atoms with Gasteiger partial charge >= 0.3 is 5.97 Å². The number of thiazole rings is 1. The largest absolute Gasteiger partial charge is 0.464 e. The van der Waals surface area contributed by atoms with Crippen molar-refractivity contribution >= 4 is 50.5 Å². The van der Waals surface area contributed by atoms with Gasteiger partial charge in [-0.3, -0.25) is 4.79 Å². The average Bonchev–Trinajstić information content (AvgIpc) is 3.34. The number of halogens is 3. The van der Waals surface area contributed by atoms with Crippen molar-refractivity contribution in [2.24, 2.45) is 0 Å². The van der Waals surface area contributed by atoms with Crippen LogP contribution in [0.25, 0.3) is 22.3 Å². The highest BCUT2D eigenvalue weighted by molar-refractivity contribution is 7.14. The van der Waals surface area contributed by atoms with Gasteiger partial charge in [-0.05, 0) is 24.3 Å². The molecule has 38 heavy (non-hydrogen) atoms. The lowest BCUT2D eigenvalue weighted by Crippen LogP contribution is -2.21. The SMILES string of the molecule is COC(=O)c1nc2cc(N(C)c3ccccc3)c(Nc3nc(-c4c(F)cc(F)cc4F)cs3)cc2[nH]c1=O. The van der Waals surface area contributed by atoms with Crippen LogP contribution < -0.4 is 15.8 Å². The van der Waals surface area contributed by atoms with Crippen molar-refractivity contribution in [2.75, 3.05) is 24.4 Å². The fourth-order valence-electron chi connectivity index (χ4n) is 3.87. The first-order valence-electron chi connectivity index (χ1n) is 11.1. The Balaban J connectivity index is 1.61. The van der Waals surface area contributed by atoms with Crippen molar-refractivity contribution in [3.8, 4) is 11.3 Å². The lowest BCUT2D eigenvalue weighted by molar-refractivity contribution is 0.0592. The Labute approximate surface area is 217 Å². The number of esters is 1. The van der Waals surface area contributed by atoms with E-state index in [9.17, 15) is 22.8 Å². The van der Waals surface area contributed by atoms with Crippen LogP contribution in [0.2, 0.25) is 0 Å². The predicted octanol–water partition coefficient (Wildman–Crippen LogP) is 5.76. The van der Waals surface area contributed by atoms with Gasteiger partial charge in [0.2, 0.25) is 5.69 Å². The molecule has 2 aromatic heterocycles. The van der Waals surface area contributed by atoms with Gasteiger partial charge < -0.3 is 19.9 Å². The summed E-state index contributed by atoms with van der Waals surface area (Å²) in [6, 6.07) is 13.8. The number of hydrogen-bond donors (Lipinski definition) is 2. The topological polar surface area (TPSA) is 100 Å². The highest BCUT2D eigenvalue weighted by Gasteiger charge is 2.20. The van der Waals surface area contributed by atoms with E-state index in [1.54, 1.807) is 12.1 Å². The number of hydrogen-bond acceptors (Lipinski definition) is 8. The maximum absolute atomic E-state index is 14.3. The number of nitrogens with one attached hydrogen (secondary N) is 2. The fourth-order valence-corrected chi connectivity index (χ4v) is 4.59. The van der Waals surface area contributed by atoms with Gasteiger partial charge in [0.25, 0.3) is 5.56 Å². The van der Waals surface area contributed by atoms with Crippen molar-refractivity contribution in [2.45, 2.75) is 0 Å². The summed E-state index contributed by atoms with van der Waals surface area (Å²) in [5.41, 5.74) is 0.973. The fraction of sp³-hybridized carbons (Fsp3) is 0.0769. The Morgan fingerprint density at radius 3 is 2.45 bits per heavy atom. The molecule has 5 aromatic rings. The van der Waals surface area contributed by atoms with E-state index < -0.39 is 34.5 Å². The summed E-state index contributed by atoms with van der Waals surface area (Å²) in [6.45, 7) is 0. The Morgan fingerprint density at radius 2 is 1.76 bits per heavy atom. The van der Waals surface area contributed by atoms with Crippen molar-refractivity contribution in [3.63, 3.8) is 0 Å². The second kappa shape index (κ2) is 9.98. The number of methoxy groups -OCH3 is 1. The van der Waals surface area contributed by atoms with Crippen molar-refractivity contribution in [3.05, 3.63) is 93.5 Å². The van der Waals surface area contributed by atoms with Gasteiger partial charge in [0.05, 0.1) is 40.8 Å². The summed E-state index contributed by atoms with van der Waals surface area (Å²) >= 11 is 1.08. The van der Waals surface area contributed by atoms with Crippen LogP contribution in [0.5, 0.6) is 0 Å². The molecule has 0 saturated carbocycles. The molecule has 0 saturated heterocycles. The first kappa shape index (κ1) is 25.0.